The van der Waals surface area contributed by atoms with Gasteiger partial charge in [-0.15, -0.1) is 6.58 Å². The van der Waals surface area contributed by atoms with Gasteiger partial charge in [0.15, 0.2) is 11.5 Å². The zero-order valence-electron chi connectivity index (χ0n) is 23.3. The van der Waals surface area contributed by atoms with E-state index in [0.29, 0.717) is 47.8 Å². The monoisotopic (exact) mass is 553 g/mol. The van der Waals surface area contributed by atoms with E-state index in [1.54, 1.807) is 17.7 Å². The smallest absolute Gasteiger partial charge is 0.278 e. The molecule has 1 amide bonds. The average molecular weight is 554 g/mol. The Bertz CT molecular complexity index is 1660. The van der Waals surface area contributed by atoms with E-state index in [0.717, 1.165) is 55.6 Å². The first-order chi connectivity index (χ1) is 19.8. The van der Waals surface area contributed by atoms with Gasteiger partial charge in [0.05, 0.1) is 12.2 Å². The summed E-state index contributed by atoms with van der Waals surface area (Å²) in [7, 11) is 0. The molecule has 6 rings (SSSR count). The number of fused-ring (bicyclic) bond motifs is 2. The Morgan fingerprint density at radius 2 is 1.90 bits per heavy atom. The van der Waals surface area contributed by atoms with Crippen molar-refractivity contribution in [3.8, 4) is 5.82 Å². The summed E-state index contributed by atoms with van der Waals surface area (Å²) in [6.07, 6.45) is 8.96. The Morgan fingerprint density at radius 1 is 1.12 bits per heavy atom. The largest absolute Gasteiger partial charge is 0.384 e. The van der Waals surface area contributed by atoms with E-state index in [4.69, 9.17) is 9.97 Å². The first-order valence-corrected chi connectivity index (χ1v) is 14.3. The fraction of sp³-hybridized carbons (Fsp3) is 0.387. The van der Waals surface area contributed by atoms with Crippen molar-refractivity contribution in [1.82, 2.24) is 29.2 Å². The molecule has 1 fully saturated rings. The summed E-state index contributed by atoms with van der Waals surface area (Å²) >= 11 is 0. The fourth-order valence-electron chi connectivity index (χ4n) is 5.87. The van der Waals surface area contributed by atoms with Gasteiger partial charge >= 0.3 is 0 Å². The number of aliphatic hydroxyl groups is 1. The van der Waals surface area contributed by atoms with Crippen LogP contribution in [-0.4, -0.2) is 53.3 Å². The predicted octanol–water partition coefficient (Wildman–Crippen LogP) is 4.01. The molecule has 1 saturated heterocycles. The Hall–Kier alpha value is -4.31. The maximum atomic E-state index is 13.3. The van der Waals surface area contributed by atoms with Crippen molar-refractivity contribution in [2.75, 3.05) is 18.4 Å². The molecule has 0 bridgehead atoms. The van der Waals surface area contributed by atoms with Crippen molar-refractivity contribution in [2.24, 2.45) is 0 Å². The Morgan fingerprint density at radius 3 is 2.66 bits per heavy atom. The molecule has 3 aromatic heterocycles. The number of rotatable bonds is 8. The van der Waals surface area contributed by atoms with E-state index in [-0.39, 0.29) is 18.0 Å². The number of hydrogen-bond donors (Lipinski definition) is 2. The zero-order chi connectivity index (χ0) is 28.6. The van der Waals surface area contributed by atoms with Crippen molar-refractivity contribution < 1.29 is 9.90 Å². The third-order valence-electron chi connectivity index (χ3n) is 8.07. The van der Waals surface area contributed by atoms with Crippen LogP contribution in [-0.2, 0) is 29.8 Å². The molecule has 1 atom stereocenters. The highest BCUT2D eigenvalue weighted by molar-refractivity contribution is 5.77. The van der Waals surface area contributed by atoms with Crippen molar-refractivity contribution in [1.29, 1.82) is 0 Å². The number of carbonyl (C=O) groups excluding carboxylic acids is 1. The molecule has 1 aromatic carbocycles. The standard InChI is InChI=1S/C31H35N7O3/c1-3-17-37-29(40)24-20-32-30(33-23-12-8-21(9-13-23)10-15-26(39)36-18-4-5-19-36)35-28(24)38(37)25-14-11-22-7-6-16-31(2,41)27(22)34-25/h3,8-9,11-14,20,41H,1,4-7,10,15-19H2,2H3,(H,32,33,35). The summed E-state index contributed by atoms with van der Waals surface area (Å²) in [6, 6.07) is 11.7. The molecule has 1 unspecified atom stereocenters. The molecule has 10 heteroatoms. The van der Waals surface area contributed by atoms with Crippen LogP contribution in [0.5, 0.6) is 0 Å². The zero-order valence-corrected chi connectivity index (χ0v) is 23.3. The van der Waals surface area contributed by atoms with Gasteiger partial charge in [-0.2, -0.15) is 4.98 Å². The first-order valence-electron chi connectivity index (χ1n) is 14.3. The van der Waals surface area contributed by atoms with Crippen molar-refractivity contribution in [3.63, 3.8) is 0 Å². The molecule has 0 spiro atoms. The summed E-state index contributed by atoms with van der Waals surface area (Å²) in [5.41, 5.74) is 2.66. The van der Waals surface area contributed by atoms with Gasteiger partial charge in [-0.3, -0.25) is 9.59 Å². The highest BCUT2D eigenvalue weighted by Gasteiger charge is 2.32. The number of aromatic nitrogens is 5. The van der Waals surface area contributed by atoms with E-state index >= 15 is 0 Å². The van der Waals surface area contributed by atoms with Crippen molar-refractivity contribution in [2.45, 2.75) is 64.0 Å². The number of nitrogens with one attached hydrogen (secondary N) is 1. The minimum absolute atomic E-state index is 0.220. The highest BCUT2D eigenvalue weighted by Crippen LogP contribution is 2.34. The summed E-state index contributed by atoms with van der Waals surface area (Å²) in [6.45, 7) is 7.61. The maximum absolute atomic E-state index is 13.3. The minimum Gasteiger partial charge on any atom is -0.384 e. The van der Waals surface area contributed by atoms with Gasteiger partial charge in [0.25, 0.3) is 5.56 Å². The molecule has 1 aliphatic heterocycles. The van der Waals surface area contributed by atoms with Gasteiger partial charge in [-0.25, -0.2) is 19.3 Å². The molecule has 0 radical (unpaired) electrons. The summed E-state index contributed by atoms with van der Waals surface area (Å²) in [5.74, 6) is 1.05. The molecule has 1 aliphatic carbocycles. The molecule has 2 N–H and O–H groups in total. The Labute approximate surface area is 238 Å². The first kappa shape index (κ1) is 26.9. The van der Waals surface area contributed by atoms with Gasteiger partial charge in [0.1, 0.15) is 11.0 Å². The van der Waals surface area contributed by atoms with E-state index in [9.17, 15) is 14.7 Å². The van der Waals surface area contributed by atoms with Crippen LogP contribution in [0.2, 0.25) is 0 Å². The lowest BCUT2D eigenvalue weighted by Crippen LogP contribution is -2.29. The topological polar surface area (TPSA) is 118 Å². The summed E-state index contributed by atoms with van der Waals surface area (Å²) in [4.78, 5) is 41.6. The molecule has 41 heavy (non-hydrogen) atoms. The molecular formula is C31H35N7O3. The molecular weight excluding hydrogens is 518 g/mol. The number of pyridine rings is 1. The maximum Gasteiger partial charge on any atom is 0.278 e. The van der Waals surface area contributed by atoms with E-state index < -0.39 is 5.60 Å². The van der Waals surface area contributed by atoms with Gasteiger partial charge in [0.2, 0.25) is 11.9 Å². The molecule has 4 heterocycles. The van der Waals surface area contributed by atoms with Crippen LogP contribution < -0.4 is 10.9 Å². The second-order valence-corrected chi connectivity index (χ2v) is 11.1. The van der Waals surface area contributed by atoms with Crippen molar-refractivity contribution >= 4 is 28.6 Å². The third-order valence-corrected chi connectivity index (χ3v) is 8.07. The fourth-order valence-corrected chi connectivity index (χ4v) is 5.87. The highest BCUT2D eigenvalue weighted by atomic mass is 16.3. The number of anilines is 2. The van der Waals surface area contributed by atoms with Crippen LogP contribution in [0.4, 0.5) is 11.6 Å². The number of benzene rings is 1. The average Bonchev–Trinajstić information content (AvgIpc) is 3.60. The Balaban J connectivity index is 1.28. The van der Waals surface area contributed by atoms with Crippen LogP contribution in [0.25, 0.3) is 16.9 Å². The minimum atomic E-state index is -1.04. The number of aryl methyl sites for hydroxylation is 2. The number of nitrogens with zero attached hydrogens (tertiary/aromatic N) is 6. The van der Waals surface area contributed by atoms with Crippen molar-refractivity contribution in [3.05, 3.63) is 82.4 Å². The van der Waals surface area contributed by atoms with Gasteiger partial charge in [0, 0.05) is 31.4 Å². The van der Waals surface area contributed by atoms with Crippen LogP contribution in [0.1, 0.15) is 55.8 Å². The molecule has 10 nitrogen and oxygen atoms in total. The third kappa shape index (κ3) is 5.27. The lowest BCUT2D eigenvalue weighted by atomic mass is 9.84. The molecule has 212 valence electrons. The summed E-state index contributed by atoms with van der Waals surface area (Å²) < 4.78 is 3.21. The molecule has 0 saturated carbocycles. The quantitative estimate of drug-likeness (QED) is 0.317. The van der Waals surface area contributed by atoms with Gasteiger partial charge < -0.3 is 15.3 Å². The van der Waals surface area contributed by atoms with Crippen LogP contribution in [0.3, 0.4) is 0 Å². The molecule has 4 aromatic rings. The van der Waals surface area contributed by atoms with E-state index in [1.807, 2.05) is 41.3 Å². The van der Waals surface area contributed by atoms with Crippen LogP contribution in [0.15, 0.2) is 60.0 Å². The number of allylic oxidation sites excluding steroid dienone is 1. The van der Waals surface area contributed by atoms with Gasteiger partial charge in [-0.1, -0.05) is 24.3 Å². The lowest BCUT2D eigenvalue weighted by Gasteiger charge is -2.30. The van der Waals surface area contributed by atoms with Crippen LogP contribution in [0, 0.1) is 0 Å². The SMILES string of the molecule is C=CCn1c(=O)c2cnc(Nc3ccc(CCC(=O)N4CCCC4)cc3)nc2n1-c1ccc2c(n1)C(C)(O)CCC2. The van der Waals surface area contributed by atoms with Gasteiger partial charge in [-0.05, 0) is 74.8 Å². The van der Waals surface area contributed by atoms with E-state index in [2.05, 4.69) is 16.9 Å². The summed E-state index contributed by atoms with van der Waals surface area (Å²) in [5, 5.41) is 14.6. The number of carbonyl (C=O) groups is 1. The number of likely N-dealkylation sites (tertiary alicyclic amines) is 1. The second-order valence-electron chi connectivity index (χ2n) is 11.1. The van der Waals surface area contributed by atoms with Crippen LogP contribution >= 0.6 is 0 Å². The predicted molar refractivity (Wildman–Crippen MR) is 157 cm³/mol. The second kappa shape index (κ2) is 10.9. The lowest BCUT2D eigenvalue weighted by molar-refractivity contribution is -0.130. The molecule has 2 aliphatic rings. The number of amides is 1. The normalized spacial score (nSPS) is 18.4. The number of hydrogen-bond acceptors (Lipinski definition) is 7. The Kier molecular flexibility index (Phi) is 7.17. The van der Waals surface area contributed by atoms with E-state index in [1.165, 1.54) is 10.9 Å².